The Kier molecular flexibility index (Phi) is 16.2. The molecule has 0 bridgehead atoms. The zero-order valence-electron chi connectivity index (χ0n) is 26.5. The third-order valence-electron chi connectivity index (χ3n) is 6.60. The third-order valence-corrected chi connectivity index (χ3v) is 7.57. The quantitative estimate of drug-likeness (QED) is 0.128. The van der Waals surface area contributed by atoms with Crippen LogP contribution in [0, 0.1) is 30.6 Å². The summed E-state index contributed by atoms with van der Waals surface area (Å²) in [5.74, 6) is -2.59. The molecule has 1 rings (SSSR count). The van der Waals surface area contributed by atoms with E-state index in [0.717, 1.165) is 5.69 Å². The molecule has 0 unspecified atom stereocenters. The molecule has 1 aromatic heterocycles. The van der Waals surface area contributed by atoms with E-state index < -0.39 is 60.4 Å². The van der Waals surface area contributed by atoms with Crippen LogP contribution in [0.2, 0.25) is 0 Å². The molecular formula is C29H50N6O7S. The van der Waals surface area contributed by atoms with Crippen LogP contribution in [0.1, 0.15) is 78.4 Å². The summed E-state index contributed by atoms with van der Waals surface area (Å²) in [5.41, 5.74) is 0.812. The molecule has 0 radical (unpaired) electrons. The predicted octanol–water partition coefficient (Wildman–Crippen LogP) is 1.93. The number of thiazole rings is 1. The molecule has 0 spiro atoms. The first-order chi connectivity index (χ1) is 20.0. The van der Waals surface area contributed by atoms with E-state index in [1.165, 1.54) is 11.3 Å². The van der Waals surface area contributed by atoms with Crippen LogP contribution < -0.4 is 26.6 Å². The Bertz CT molecular complexity index is 1080. The van der Waals surface area contributed by atoms with Crippen molar-refractivity contribution in [3.63, 3.8) is 0 Å². The maximum absolute atomic E-state index is 13.2. The molecule has 1 aromatic rings. The first-order valence-electron chi connectivity index (χ1n) is 14.7. The van der Waals surface area contributed by atoms with Crippen molar-refractivity contribution in [2.45, 2.75) is 105 Å². The van der Waals surface area contributed by atoms with Gasteiger partial charge in [-0.25, -0.2) is 9.78 Å². The standard InChI is InChI=1S/C29H50N6O7S/c1-15(2)9-20(22(36)10-18(7)26(38)35-25(17(5)6)28(40)31-12-16(3)4)33-27(39)21(34-29(41)42)11-23(37)30-13-24-32-19(8)14-43-24/h14-18,20-22,25,34,36H,9-13H2,1-8H3,(H,30,37)(H,31,40)(H,33,39)(H,35,38)(H,41,42)/t18-,20+,21-,22+,25+/m1/s1. The summed E-state index contributed by atoms with van der Waals surface area (Å²) in [6.45, 7) is 15.5. The largest absolute Gasteiger partial charge is 0.465 e. The van der Waals surface area contributed by atoms with Crippen LogP contribution in [0.15, 0.2) is 5.38 Å². The number of hydrogen-bond acceptors (Lipinski definition) is 8. The van der Waals surface area contributed by atoms with E-state index in [-0.39, 0.29) is 36.6 Å². The summed E-state index contributed by atoms with van der Waals surface area (Å²) in [6, 6.07) is -2.97. The van der Waals surface area contributed by atoms with Gasteiger partial charge in [0.05, 0.1) is 25.1 Å². The highest BCUT2D eigenvalue weighted by Crippen LogP contribution is 2.17. The second kappa shape index (κ2) is 18.4. The van der Waals surface area contributed by atoms with Crippen molar-refractivity contribution in [3.8, 4) is 0 Å². The van der Waals surface area contributed by atoms with Crippen molar-refractivity contribution < 1.29 is 34.2 Å². The van der Waals surface area contributed by atoms with E-state index >= 15 is 0 Å². The summed E-state index contributed by atoms with van der Waals surface area (Å²) in [7, 11) is 0. The number of hydrogen-bond donors (Lipinski definition) is 7. The molecule has 5 atom stereocenters. The minimum atomic E-state index is -1.48. The molecule has 0 aromatic carbocycles. The van der Waals surface area contributed by atoms with E-state index in [9.17, 15) is 34.2 Å². The molecule has 14 heteroatoms. The number of nitrogens with one attached hydrogen (secondary N) is 5. The molecule has 0 aliphatic rings. The average Bonchev–Trinajstić information content (AvgIpc) is 3.32. The van der Waals surface area contributed by atoms with Gasteiger partial charge in [0.25, 0.3) is 0 Å². The monoisotopic (exact) mass is 626 g/mol. The Morgan fingerprint density at radius 3 is 2.02 bits per heavy atom. The fourth-order valence-corrected chi connectivity index (χ4v) is 4.97. The summed E-state index contributed by atoms with van der Waals surface area (Å²) in [4.78, 5) is 67.0. The van der Waals surface area contributed by atoms with Gasteiger partial charge in [0.15, 0.2) is 0 Å². The van der Waals surface area contributed by atoms with Crippen LogP contribution in [0.5, 0.6) is 0 Å². The highest BCUT2D eigenvalue weighted by Gasteiger charge is 2.32. The van der Waals surface area contributed by atoms with Gasteiger partial charge in [-0.2, -0.15) is 0 Å². The molecule has 7 N–H and O–H groups in total. The Balaban J connectivity index is 2.89. The average molecular weight is 627 g/mol. The summed E-state index contributed by atoms with van der Waals surface area (Å²) >= 11 is 1.37. The fraction of sp³-hybridized carbons (Fsp3) is 0.724. The van der Waals surface area contributed by atoms with Crippen LogP contribution in [0.4, 0.5) is 4.79 Å². The molecule has 1 heterocycles. The number of carbonyl (C=O) groups is 5. The van der Waals surface area contributed by atoms with Gasteiger partial charge in [0.1, 0.15) is 17.1 Å². The zero-order chi connectivity index (χ0) is 32.9. The second-order valence-electron chi connectivity index (χ2n) is 12.2. The molecule has 0 aliphatic carbocycles. The van der Waals surface area contributed by atoms with Crippen molar-refractivity contribution in [2.24, 2.45) is 23.7 Å². The van der Waals surface area contributed by atoms with E-state index in [2.05, 4.69) is 31.6 Å². The number of aliphatic hydroxyl groups excluding tert-OH is 1. The second-order valence-corrected chi connectivity index (χ2v) is 13.1. The molecule has 5 amide bonds. The molecule has 0 fully saturated rings. The van der Waals surface area contributed by atoms with E-state index in [0.29, 0.717) is 18.0 Å². The Hall–Kier alpha value is -3.26. The van der Waals surface area contributed by atoms with Crippen LogP contribution in [-0.2, 0) is 25.7 Å². The summed E-state index contributed by atoms with van der Waals surface area (Å²) in [6.07, 6.45) is -2.78. The minimum Gasteiger partial charge on any atom is -0.465 e. The third kappa shape index (κ3) is 14.7. The van der Waals surface area contributed by atoms with Crippen molar-refractivity contribution >= 4 is 41.1 Å². The van der Waals surface area contributed by atoms with Gasteiger partial charge in [0, 0.05) is 23.5 Å². The lowest BCUT2D eigenvalue weighted by Gasteiger charge is -2.30. The van der Waals surface area contributed by atoms with Gasteiger partial charge < -0.3 is 36.8 Å². The summed E-state index contributed by atoms with van der Waals surface area (Å²) < 4.78 is 0. The van der Waals surface area contributed by atoms with E-state index in [1.54, 1.807) is 6.92 Å². The number of carboxylic acid groups (broad SMARTS) is 1. The van der Waals surface area contributed by atoms with E-state index in [1.807, 2.05) is 53.8 Å². The molecular weight excluding hydrogens is 576 g/mol. The van der Waals surface area contributed by atoms with Gasteiger partial charge >= 0.3 is 6.09 Å². The molecule has 0 saturated carbocycles. The lowest BCUT2D eigenvalue weighted by molar-refractivity contribution is -0.132. The number of nitrogens with zero attached hydrogens (tertiary/aromatic N) is 1. The number of aromatic nitrogens is 1. The van der Waals surface area contributed by atoms with Gasteiger partial charge in [0.2, 0.25) is 23.6 Å². The zero-order valence-corrected chi connectivity index (χ0v) is 27.3. The maximum atomic E-state index is 13.2. The Morgan fingerprint density at radius 1 is 0.860 bits per heavy atom. The Morgan fingerprint density at radius 2 is 1.51 bits per heavy atom. The lowest BCUT2D eigenvalue weighted by Crippen LogP contribution is -2.54. The first-order valence-corrected chi connectivity index (χ1v) is 15.6. The lowest BCUT2D eigenvalue weighted by atomic mass is 9.91. The normalized spacial score (nSPS) is 14.9. The number of aliphatic hydroxyl groups is 1. The number of amides is 5. The molecule has 0 saturated heterocycles. The molecule has 43 heavy (non-hydrogen) atoms. The van der Waals surface area contributed by atoms with Crippen LogP contribution in [0.25, 0.3) is 0 Å². The molecule has 244 valence electrons. The first kappa shape index (κ1) is 37.8. The highest BCUT2D eigenvalue weighted by atomic mass is 32.1. The Labute approximate surface area is 258 Å². The van der Waals surface area contributed by atoms with Gasteiger partial charge in [-0.05, 0) is 37.5 Å². The van der Waals surface area contributed by atoms with Gasteiger partial charge in [-0.15, -0.1) is 11.3 Å². The SMILES string of the molecule is Cc1csc(CNC(=O)C[C@@H](NC(=O)O)C(=O)N[C@@H](CC(C)C)[C@@H](O)C[C@@H](C)C(=O)N[C@H](C(=O)NCC(C)C)C(C)C)n1. The number of aryl methyl sites for hydroxylation is 1. The van der Waals surface area contributed by atoms with Crippen molar-refractivity contribution in [1.82, 2.24) is 31.6 Å². The van der Waals surface area contributed by atoms with Crippen LogP contribution in [-0.4, -0.2) is 75.7 Å². The smallest absolute Gasteiger partial charge is 0.405 e. The topological polar surface area (TPSA) is 199 Å². The van der Waals surface area contributed by atoms with Gasteiger partial charge in [-0.1, -0.05) is 48.5 Å². The van der Waals surface area contributed by atoms with Crippen molar-refractivity contribution in [3.05, 3.63) is 16.1 Å². The fourth-order valence-electron chi connectivity index (χ4n) is 4.26. The van der Waals surface area contributed by atoms with Gasteiger partial charge in [-0.3, -0.25) is 19.2 Å². The number of carbonyl (C=O) groups excluding carboxylic acids is 4. The van der Waals surface area contributed by atoms with E-state index in [4.69, 9.17) is 0 Å². The summed E-state index contributed by atoms with van der Waals surface area (Å²) in [5, 5.41) is 35.9. The molecule has 13 nitrogen and oxygen atoms in total. The highest BCUT2D eigenvalue weighted by molar-refractivity contribution is 7.09. The van der Waals surface area contributed by atoms with Crippen LogP contribution >= 0.6 is 11.3 Å². The van der Waals surface area contributed by atoms with Crippen molar-refractivity contribution in [1.29, 1.82) is 0 Å². The molecule has 0 aliphatic heterocycles. The minimum absolute atomic E-state index is 0.0212. The van der Waals surface area contributed by atoms with Crippen LogP contribution in [0.3, 0.4) is 0 Å². The maximum Gasteiger partial charge on any atom is 0.405 e. The predicted molar refractivity (Wildman–Crippen MR) is 164 cm³/mol. The number of rotatable bonds is 18. The van der Waals surface area contributed by atoms with Crippen molar-refractivity contribution in [2.75, 3.05) is 6.54 Å².